The van der Waals surface area contributed by atoms with Crippen molar-refractivity contribution in [3.63, 3.8) is 0 Å². The van der Waals surface area contributed by atoms with Gasteiger partial charge in [-0.25, -0.2) is 0 Å². The van der Waals surface area contributed by atoms with Gasteiger partial charge in [0.25, 0.3) is 0 Å². The minimum absolute atomic E-state index is 0.455. The van der Waals surface area contributed by atoms with Gasteiger partial charge >= 0.3 is 0 Å². The van der Waals surface area contributed by atoms with Crippen molar-refractivity contribution in [2.45, 2.75) is 65.8 Å². The summed E-state index contributed by atoms with van der Waals surface area (Å²) < 4.78 is 5.56. The van der Waals surface area contributed by atoms with E-state index in [1.165, 1.54) is 32.1 Å². The second kappa shape index (κ2) is 6.58. The van der Waals surface area contributed by atoms with Crippen molar-refractivity contribution in [3.8, 4) is 0 Å². The zero-order chi connectivity index (χ0) is 13.9. The van der Waals surface area contributed by atoms with Crippen LogP contribution >= 0.6 is 0 Å². The summed E-state index contributed by atoms with van der Waals surface area (Å²) >= 11 is 0. The van der Waals surface area contributed by atoms with Gasteiger partial charge in [-0.05, 0) is 55.4 Å². The van der Waals surface area contributed by atoms with Crippen LogP contribution in [0.25, 0.3) is 0 Å². The van der Waals surface area contributed by atoms with Gasteiger partial charge in [0.2, 0.25) is 0 Å². The molecule has 1 saturated heterocycles. The van der Waals surface area contributed by atoms with E-state index in [0.717, 1.165) is 43.6 Å². The Morgan fingerprint density at radius 1 is 1.11 bits per heavy atom. The van der Waals surface area contributed by atoms with Crippen LogP contribution in [0.1, 0.15) is 59.8 Å². The lowest BCUT2D eigenvalue weighted by Crippen LogP contribution is -2.49. The molecule has 0 aromatic rings. The lowest BCUT2D eigenvalue weighted by Gasteiger charge is -2.49. The van der Waals surface area contributed by atoms with Gasteiger partial charge in [-0.3, -0.25) is 0 Å². The number of hydrogen-bond acceptors (Lipinski definition) is 2. The van der Waals surface area contributed by atoms with Crippen LogP contribution in [0, 0.1) is 23.2 Å². The highest BCUT2D eigenvalue weighted by atomic mass is 16.5. The molecule has 2 rings (SSSR count). The highest BCUT2D eigenvalue weighted by Gasteiger charge is 2.43. The summed E-state index contributed by atoms with van der Waals surface area (Å²) in [7, 11) is 0. The van der Waals surface area contributed by atoms with Crippen LogP contribution in [0.3, 0.4) is 0 Å². The van der Waals surface area contributed by atoms with Crippen LogP contribution in [0.5, 0.6) is 0 Å². The van der Waals surface area contributed by atoms with Gasteiger partial charge < -0.3 is 10.1 Å². The average Bonchev–Trinajstić information content (AvgIpc) is 2.40. The maximum atomic E-state index is 5.56. The second-order valence-electron chi connectivity index (χ2n) is 7.40. The molecule has 1 saturated carbocycles. The van der Waals surface area contributed by atoms with Crippen LogP contribution in [0.4, 0.5) is 0 Å². The Bertz CT molecular complexity index is 270. The van der Waals surface area contributed by atoms with E-state index in [2.05, 4.69) is 33.0 Å². The molecule has 0 amide bonds. The summed E-state index contributed by atoms with van der Waals surface area (Å²) in [5.41, 5.74) is 0.455. The summed E-state index contributed by atoms with van der Waals surface area (Å²) in [6.07, 6.45) is 6.71. The van der Waals surface area contributed by atoms with Crippen molar-refractivity contribution in [1.82, 2.24) is 5.32 Å². The molecule has 1 heterocycles. The zero-order valence-electron chi connectivity index (χ0n) is 13.4. The van der Waals surface area contributed by atoms with Gasteiger partial charge in [-0.15, -0.1) is 0 Å². The normalized spacial score (nSPS) is 34.4. The van der Waals surface area contributed by atoms with E-state index in [1.807, 2.05) is 0 Å². The summed E-state index contributed by atoms with van der Waals surface area (Å²) in [6, 6.07) is 0.728. The van der Waals surface area contributed by atoms with Crippen LogP contribution in [0.2, 0.25) is 0 Å². The first kappa shape index (κ1) is 15.3. The second-order valence-corrected chi connectivity index (χ2v) is 7.40. The average molecular weight is 267 g/mol. The SMILES string of the molecule is CCNC1CC(C)CCC1C(C)(C)C1CCOCC1. The Morgan fingerprint density at radius 2 is 1.79 bits per heavy atom. The minimum Gasteiger partial charge on any atom is -0.381 e. The van der Waals surface area contributed by atoms with E-state index in [0.29, 0.717) is 5.41 Å². The third-order valence-corrected chi connectivity index (χ3v) is 5.81. The van der Waals surface area contributed by atoms with E-state index in [9.17, 15) is 0 Å². The lowest BCUT2D eigenvalue weighted by atomic mass is 9.59. The Morgan fingerprint density at radius 3 is 2.42 bits per heavy atom. The highest BCUT2D eigenvalue weighted by molar-refractivity contribution is 4.95. The highest BCUT2D eigenvalue weighted by Crippen LogP contribution is 2.47. The molecule has 112 valence electrons. The summed E-state index contributed by atoms with van der Waals surface area (Å²) in [5.74, 6) is 2.58. The Labute approximate surface area is 119 Å². The maximum Gasteiger partial charge on any atom is 0.0468 e. The minimum atomic E-state index is 0.455. The van der Waals surface area contributed by atoms with Gasteiger partial charge in [0.15, 0.2) is 0 Å². The van der Waals surface area contributed by atoms with Gasteiger partial charge in [-0.1, -0.05) is 34.1 Å². The van der Waals surface area contributed by atoms with Crippen molar-refractivity contribution in [1.29, 1.82) is 0 Å². The standard InChI is InChI=1S/C17H33NO/c1-5-18-16-12-13(2)6-7-15(16)17(3,4)14-8-10-19-11-9-14/h13-16,18H,5-12H2,1-4H3. The molecule has 1 aliphatic carbocycles. The third-order valence-electron chi connectivity index (χ3n) is 5.81. The van der Waals surface area contributed by atoms with Crippen molar-refractivity contribution in [3.05, 3.63) is 0 Å². The number of nitrogens with one attached hydrogen (secondary N) is 1. The van der Waals surface area contributed by atoms with E-state index in [1.54, 1.807) is 0 Å². The zero-order valence-corrected chi connectivity index (χ0v) is 13.4. The Kier molecular flexibility index (Phi) is 5.30. The molecule has 2 heteroatoms. The van der Waals surface area contributed by atoms with E-state index in [4.69, 9.17) is 4.74 Å². The molecule has 1 N–H and O–H groups in total. The van der Waals surface area contributed by atoms with E-state index < -0.39 is 0 Å². The number of ether oxygens (including phenoxy) is 1. The topological polar surface area (TPSA) is 21.3 Å². The molecular weight excluding hydrogens is 234 g/mol. The molecule has 19 heavy (non-hydrogen) atoms. The Hall–Kier alpha value is -0.0800. The predicted octanol–water partition coefficient (Wildman–Crippen LogP) is 3.85. The smallest absolute Gasteiger partial charge is 0.0468 e. The van der Waals surface area contributed by atoms with E-state index >= 15 is 0 Å². The fourth-order valence-electron chi connectivity index (χ4n) is 4.50. The Balaban J connectivity index is 2.06. The quantitative estimate of drug-likeness (QED) is 0.835. The molecule has 2 fully saturated rings. The summed E-state index contributed by atoms with van der Waals surface area (Å²) in [4.78, 5) is 0. The molecule has 0 bridgehead atoms. The monoisotopic (exact) mass is 267 g/mol. The number of hydrogen-bond donors (Lipinski definition) is 1. The summed E-state index contributed by atoms with van der Waals surface area (Å²) in [5, 5.41) is 3.78. The molecule has 0 aromatic heterocycles. The van der Waals surface area contributed by atoms with Crippen LogP contribution < -0.4 is 5.32 Å². The van der Waals surface area contributed by atoms with Gasteiger partial charge in [0.1, 0.15) is 0 Å². The molecule has 2 aliphatic rings. The maximum absolute atomic E-state index is 5.56. The van der Waals surface area contributed by atoms with Crippen LogP contribution in [0.15, 0.2) is 0 Å². The first-order valence-electron chi connectivity index (χ1n) is 8.36. The molecule has 1 aliphatic heterocycles. The molecule has 0 aromatic carbocycles. The third kappa shape index (κ3) is 3.52. The first-order chi connectivity index (χ1) is 9.05. The van der Waals surface area contributed by atoms with Gasteiger partial charge in [0.05, 0.1) is 0 Å². The molecule has 3 unspecified atom stereocenters. The largest absolute Gasteiger partial charge is 0.381 e. The lowest BCUT2D eigenvalue weighted by molar-refractivity contribution is -0.0234. The van der Waals surface area contributed by atoms with Gasteiger partial charge in [0, 0.05) is 19.3 Å². The van der Waals surface area contributed by atoms with Crippen LogP contribution in [-0.2, 0) is 4.74 Å². The van der Waals surface area contributed by atoms with Crippen molar-refractivity contribution < 1.29 is 4.74 Å². The van der Waals surface area contributed by atoms with Crippen molar-refractivity contribution in [2.24, 2.45) is 23.2 Å². The molecule has 0 radical (unpaired) electrons. The molecular formula is C17H33NO. The van der Waals surface area contributed by atoms with Crippen LogP contribution in [-0.4, -0.2) is 25.8 Å². The fraction of sp³-hybridized carbons (Fsp3) is 1.00. The van der Waals surface area contributed by atoms with Gasteiger partial charge in [-0.2, -0.15) is 0 Å². The predicted molar refractivity (Wildman–Crippen MR) is 81.3 cm³/mol. The molecule has 2 nitrogen and oxygen atoms in total. The van der Waals surface area contributed by atoms with Crippen molar-refractivity contribution >= 4 is 0 Å². The first-order valence-corrected chi connectivity index (χ1v) is 8.36. The van der Waals surface area contributed by atoms with Crippen molar-refractivity contribution in [2.75, 3.05) is 19.8 Å². The fourth-order valence-corrected chi connectivity index (χ4v) is 4.50. The molecule has 3 atom stereocenters. The number of rotatable bonds is 4. The summed E-state index contributed by atoms with van der Waals surface area (Å²) in [6.45, 7) is 12.8. The molecule has 0 spiro atoms. The van der Waals surface area contributed by atoms with E-state index in [-0.39, 0.29) is 0 Å².